The first kappa shape index (κ1) is 17.3. The molecule has 0 unspecified atom stereocenters. The molecule has 2 aromatic rings. The topological polar surface area (TPSA) is 25.2 Å². The van der Waals surface area contributed by atoms with Gasteiger partial charge in [0.2, 0.25) is 0 Å². The monoisotopic (exact) mass is 342 g/mol. The Bertz CT molecular complexity index is 687. The van der Waals surface area contributed by atoms with Crippen LogP contribution in [-0.4, -0.2) is 46.4 Å². The highest BCUT2D eigenvalue weighted by Gasteiger charge is 2.19. The van der Waals surface area contributed by atoms with Gasteiger partial charge in [-0.05, 0) is 31.9 Å². The van der Waals surface area contributed by atoms with Crippen LogP contribution in [0.15, 0.2) is 36.4 Å². The number of benzene rings is 1. The third-order valence-corrected chi connectivity index (χ3v) is 5.75. The summed E-state index contributed by atoms with van der Waals surface area (Å²) in [5.41, 5.74) is 4.53. The van der Waals surface area contributed by atoms with Crippen molar-refractivity contribution in [3.05, 3.63) is 58.9 Å². The number of hydrogen-bond donors (Lipinski definition) is 0. The summed E-state index contributed by atoms with van der Waals surface area (Å²) in [5, 5.41) is 0. The van der Waals surface area contributed by atoms with E-state index in [-0.39, 0.29) is 5.78 Å². The summed E-state index contributed by atoms with van der Waals surface area (Å²) < 4.78 is 2.28. The first-order valence-corrected chi connectivity index (χ1v) is 9.84. The van der Waals surface area contributed by atoms with Gasteiger partial charge in [-0.25, -0.2) is 0 Å². The van der Waals surface area contributed by atoms with Gasteiger partial charge in [-0.1, -0.05) is 30.3 Å². The Balaban J connectivity index is 1.67. The first-order valence-electron chi connectivity index (χ1n) is 8.69. The van der Waals surface area contributed by atoms with Crippen LogP contribution in [-0.2, 0) is 13.0 Å². The maximum Gasteiger partial charge on any atom is 0.178 e. The molecule has 0 radical (unpaired) electrons. The minimum Gasteiger partial charge on any atom is -0.348 e. The van der Waals surface area contributed by atoms with E-state index >= 15 is 0 Å². The average Bonchev–Trinajstić information content (AvgIpc) is 2.89. The van der Waals surface area contributed by atoms with Crippen LogP contribution < -0.4 is 0 Å². The van der Waals surface area contributed by atoms with E-state index in [9.17, 15) is 4.79 Å². The van der Waals surface area contributed by atoms with E-state index in [0.29, 0.717) is 6.54 Å². The van der Waals surface area contributed by atoms with E-state index in [0.717, 1.165) is 48.8 Å². The number of nitrogens with zero attached hydrogens (tertiary/aromatic N) is 2. The summed E-state index contributed by atoms with van der Waals surface area (Å²) in [5.74, 6) is 2.55. The third-order valence-electron chi connectivity index (χ3n) is 4.81. The number of carbonyl (C=O) groups is 1. The second-order valence-electron chi connectivity index (χ2n) is 6.48. The van der Waals surface area contributed by atoms with Crippen LogP contribution >= 0.6 is 11.8 Å². The fraction of sp³-hybridized carbons (Fsp3) is 0.450. The van der Waals surface area contributed by atoms with E-state index < -0.39 is 0 Å². The Hall–Kier alpha value is -1.52. The van der Waals surface area contributed by atoms with Crippen molar-refractivity contribution in [2.24, 2.45) is 0 Å². The van der Waals surface area contributed by atoms with Gasteiger partial charge in [0.1, 0.15) is 0 Å². The molecule has 128 valence electrons. The molecule has 0 atom stereocenters. The molecule has 24 heavy (non-hydrogen) atoms. The highest BCUT2D eigenvalue weighted by molar-refractivity contribution is 7.99. The van der Waals surface area contributed by atoms with Gasteiger partial charge in [0.15, 0.2) is 5.78 Å². The van der Waals surface area contributed by atoms with Crippen LogP contribution in [0.5, 0.6) is 0 Å². The minimum atomic E-state index is 0.265. The van der Waals surface area contributed by atoms with Crippen molar-refractivity contribution in [1.29, 1.82) is 0 Å². The van der Waals surface area contributed by atoms with Crippen LogP contribution in [0, 0.1) is 13.8 Å². The van der Waals surface area contributed by atoms with Crippen molar-refractivity contribution in [3.63, 3.8) is 0 Å². The summed E-state index contributed by atoms with van der Waals surface area (Å²) in [7, 11) is 0. The quantitative estimate of drug-likeness (QED) is 0.750. The Morgan fingerprint density at radius 1 is 1.12 bits per heavy atom. The number of Topliss-reactive ketones (excluding diaryl/α,β-unsaturated/α-hetero) is 1. The molecule has 1 fully saturated rings. The van der Waals surface area contributed by atoms with Crippen LogP contribution in [0.25, 0.3) is 0 Å². The summed E-state index contributed by atoms with van der Waals surface area (Å²) in [6.45, 7) is 7.73. The maximum absolute atomic E-state index is 12.7. The molecular weight excluding hydrogens is 316 g/mol. The second-order valence-corrected chi connectivity index (χ2v) is 7.71. The number of carbonyl (C=O) groups excluding carboxylic acids is 1. The van der Waals surface area contributed by atoms with Crippen molar-refractivity contribution < 1.29 is 4.79 Å². The number of aryl methyl sites for hydroxylation is 2. The van der Waals surface area contributed by atoms with E-state index in [1.54, 1.807) is 0 Å². The smallest absolute Gasteiger partial charge is 0.178 e. The number of hydrogen-bond acceptors (Lipinski definition) is 3. The lowest BCUT2D eigenvalue weighted by molar-refractivity contribution is 0.0936. The Morgan fingerprint density at radius 2 is 1.83 bits per heavy atom. The highest BCUT2D eigenvalue weighted by atomic mass is 32.2. The van der Waals surface area contributed by atoms with Gasteiger partial charge in [-0.2, -0.15) is 11.8 Å². The molecular formula is C20H26N2OS. The van der Waals surface area contributed by atoms with Gasteiger partial charge in [-0.3, -0.25) is 9.69 Å². The second kappa shape index (κ2) is 8.04. The predicted molar refractivity (Wildman–Crippen MR) is 102 cm³/mol. The van der Waals surface area contributed by atoms with E-state index in [4.69, 9.17) is 0 Å². The lowest BCUT2D eigenvalue weighted by Gasteiger charge is -2.25. The Kier molecular flexibility index (Phi) is 5.80. The zero-order valence-electron chi connectivity index (χ0n) is 14.6. The lowest BCUT2D eigenvalue weighted by Crippen LogP contribution is -2.36. The molecule has 4 heteroatoms. The normalized spacial score (nSPS) is 15.6. The standard InChI is InChI=1S/C20H26N2OS/c1-16-14-19(20(23)15-21-10-12-24-13-11-21)17(2)22(16)9-8-18-6-4-3-5-7-18/h3-7,14H,8-13,15H2,1-2H3. The van der Waals surface area contributed by atoms with Gasteiger partial charge in [0.05, 0.1) is 6.54 Å². The number of rotatable bonds is 6. The molecule has 3 nitrogen and oxygen atoms in total. The third kappa shape index (κ3) is 4.11. The lowest BCUT2D eigenvalue weighted by atomic mass is 10.1. The molecule has 0 N–H and O–H groups in total. The molecule has 0 bridgehead atoms. The minimum absolute atomic E-state index is 0.265. The van der Waals surface area contributed by atoms with Gasteiger partial charge >= 0.3 is 0 Å². The van der Waals surface area contributed by atoms with Gasteiger partial charge < -0.3 is 4.57 Å². The molecule has 2 heterocycles. The SMILES string of the molecule is Cc1cc(C(=O)CN2CCSCC2)c(C)n1CCc1ccccc1. The molecule has 1 saturated heterocycles. The van der Waals surface area contributed by atoms with E-state index in [1.807, 2.05) is 17.8 Å². The summed E-state index contributed by atoms with van der Waals surface area (Å²) in [4.78, 5) is 15.0. The van der Waals surface area contributed by atoms with E-state index in [2.05, 4.69) is 53.6 Å². The Labute approximate surface area is 149 Å². The Morgan fingerprint density at radius 3 is 2.54 bits per heavy atom. The van der Waals surface area contributed by atoms with Crippen LogP contribution in [0.3, 0.4) is 0 Å². The van der Waals surface area contributed by atoms with Crippen LogP contribution in [0.4, 0.5) is 0 Å². The summed E-state index contributed by atoms with van der Waals surface area (Å²) in [6, 6.07) is 12.6. The summed E-state index contributed by atoms with van der Waals surface area (Å²) >= 11 is 1.98. The van der Waals surface area contributed by atoms with E-state index in [1.165, 1.54) is 11.3 Å². The molecule has 0 amide bonds. The molecule has 0 saturated carbocycles. The molecule has 1 aliphatic heterocycles. The average molecular weight is 343 g/mol. The van der Waals surface area contributed by atoms with Crippen molar-refractivity contribution in [1.82, 2.24) is 9.47 Å². The number of ketones is 1. The fourth-order valence-corrected chi connectivity index (χ4v) is 4.34. The molecule has 1 aromatic heterocycles. The molecule has 1 aliphatic rings. The van der Waals surface area contributed by atoms with Crippen molar-refractivity contribution >= 4 is 17.5 Å². The number of aromatic nitrogens is 1. The van der Waals surface area contributed by atoms with Crippen molar-refractivity contribution in [2.45, 2.75) is 26.8 Å². The molecule has 0 spiro atoms. The first-order chi connectivity index (χ1) is 11.6. The largest absolute Gasteiger partial charge is 0.348 e. The van der Waals surface area contributed by atoms with Crippen molar-refractivity contribution in [3.8, 4) is 0 Å². The molecule has 3 rings (SSSR count). The van der Waals surface area contributed by atoms with Gasteiger partial charge in [0, 0.05) is 48.1 Å². The number of thioether (sulfide) groups is 1. The van der Waals surface area contributed by atoms with Gasteiger partial charge in [-0.15, -0.1) is 0 Å². The highest BCUT2D eigenvalue weighted by Crippen LogP contribution is 2.18. The predicted octanol–water partition coefficient (Wildman–Crippen LogP) is 3.58. The fourth-order valence-electron chi connectivity index (χ4n) is 3.36. The zero-order valence-corrected chi connectivity index (χ0v) is 15.4. The van der Waals surface area contributed by atoms with Crippen LogP contribution in [0.2, 0.25) is 0 Å². The zero-order chi connectivity index (χ0) is 16.9. The maximum atomic E-state index is 12.7. The van der Waals surface area contributed by atoms with Gasteiger partial charge in [0.25, 0.3) is 0 Å². The molecule has 0 aliphatic carbocycles. The summed E-state index contributed by atoms with van der Waals surface area (Å²) in [6.07, 6.45) is 0.994. The van der Waals surface area contributed by atoms with Crippen LogP contribution in [0.1, 0.15) is 27.3 Å². The van der Waals surface area contributed by atoms with Crippen molar-refractivity contribution in [2.75, 3.05) is 31.1 Å². The molecule has 1 aromatic carbocycles.